The van der Waals surface area contributed by atoms with Crippen LogP contribution in [0.5, 0.6) is 0 Å². The smallest absolute Gasteiger partial charge is 0.423 e. The molecule has 0 saturated heterocycles. The number of amides is 2. The summed E-state index contributed by atoms with van der Waals surface area (Å²) < 4.78 is 14.3. The molecule has 0 atom stereocenters. The van der Waals surface area contributed by atoms with Gasteiger partial charge in [0.1, 0.15) is 5.82 Å². The average molecular weight is 356 g/mol. The molecule has 26 heavy (non-hydrogen) atoms. The van der Waals surface area contributed by atoms with E-state index in [9.17, 15) is 24.0 Å². The van der Waals surface area contributed by atoms with E-state index in [0.717, 1.165) is 18.9 Å². The Morgan fingerprint density at radius 2 is 1.88 bits per heavy atom. The number of benzene rings is 2. The molecule has 1 fully saturated rings. The van der Waals surface area contributed by atoms with Crippen LogP contribution in [0.3, 0.4) is 0 Å². The van der Waals surface area contributed by atoms with Crippen molar-refractivity contribution in [3.63, 3.8) is 0 Å². The van der Waals surface area contributed by atoms with Crippen LogP contribution in [-0.4, -0.2) is 39.9 Å². The number of hydrogen-bond donors (Lipinski definition) is 3. The van der Waals surface area contributed by atoms with Crippen molar-refractivity contribution in [3.05, 3.63) is 65.0 Å². The zero-order chi connectivity index (χ0) is 18.8. The standard InChI is InChI=1S/C18H18BFN2O4/c20-16-9-11(17(21)23)4-5-13(16)10-22(15-6-7-15)18(24)12-2-1-3-14(8-12)19(25)26/h1-5,8-9,15,25-26H,6-7,10H2,(H2,21,23). The monoisotopic (exact) mass is 356 g/mol. The van der Waals surface area contributed by atoms with E-state index in [1.165, 1.54) is 24.3 Å². The first kappa shape index (κ1) is 18.1. The van der Waals surface area contributed by atoms with Gasteiger partial charge in [-0.05, 0) is 42.6 Å². The molecule has 1 saturated carbocycles. The van der Waals surface area contributed by atoms with E-state index in [1.807, 2.05) is 0 Å². The van der Waals surface area contributed by atoms with Crippen molar-refractivity contribution >= 4 is 24.4 Å². The highest BCUT2D eigenvalue weighted by Gasteiger charge is 2.33. The fourth-order valence-corrected chi connectivity index (χ4v) is 2.76. The second-order valence-corrected chi connectivity index (χ2v) is 6.33. The molecule has 0 spiro atoms. The molecular formula is C18H18BFN2O4. The van der Waals surface area contributed by atoms with Crippen molar-refractivity contribution in [3.8, 4) is 0 Å². The highest BCUT2D eigenvalue weighted by atomic mass is 19.1. The molecule has 0 bridgehead atoms. The second-order valence-electron chi connectivity index (χ2n) is 6.33. The van der Waals surface area contributed by atoms with Crippen molar-refractivity contribution < 1.29 is 24.0 Å². The van der Waals surface area contributed by atoms with Gasteiger partial charge in [0, 0.05) is 29.3 Å². The molecule has 2 aromatic carbocycles. The normalized spacial score (nSPS) is 13.3. The number of hydrogen-bond acceptors (Lipinski definition) is 4. The quantitative estimate of drug-likeness (QED) is 0.652. The molecule has 0 aliphatic heterocycles. The van der Waals surface area contributed by atoms with Gasteiger partial charge in [-0.1, -0.05) is 18.2 Å². The highest BCUT2D eigenvalue weighted by Crippen LogP contribution is 2.30. The zero-order valence-electron chi connectivity index (χ0n) is 13.9. The lowest BCUT2D eigenvalue weighted by Gasteiger charge is -2.23. The minimum absolute atomic E-state index is 0.0143. The van der Waals surface area contributed by atoms with Crippen LogP contribution in [0.2, 0.25) is 0 Å². The number of rotatable bonds is 6. The Labute approximate surface area is 150 Å². The summed E-state index contributed by atoms with van der Waals surface area (Å²) in [5.41, 5.74) is 6.01. The fourth-order valence-electron chi connectivity index (χ4n) is 2.76. The molecule has 0 heterocycles. The lowest BCUT2D eigenvalue weighted by molar-refractivity contribution is 0.0728. The molecule has 4 N–H and O–H groups in total. The van der Waals surface area contributed by atoms with Crippen molar-refractivity contribution in [1.82, 2.24) is 4.90 Å². The maximum atomic E-state index is 14.3. The van der Waals surface area contributed by atoms with Crippen molar-refractivity contribution in [2.24, 2.45) is 5.73 Å². The number of nitrogens with two attached hydrogens (primary N) is 1. The van der Waals surface area contributed by atoms with E-state index in [-0.39, 0.29) is 35.1 Å². The summed E-state index contributed by atoms with van der Waals surface area (Å²) >= 11 is 0. The van der Waals surface area contributed by atoms with E-state index in [4.69, 9.17) is 5.73 Å². The number of carbonyl (C=O) groups is 2. The van der Waals surface area contributed by atoms with E-state index >= 15 is 0 Å². The van der Waals surface area contributed by atoms with Crippen LogP contribution >= 0.6 is 0 Å². The average Bonchev–Trinajstić information content (AvgIpc) is 3.45. The van der Waals surface area contributed by atoms with Gasteiger partial charge in [-0.3, -0.25) is 9.59 Å². The third-order valence-electron chi connectivity index (χ3n) is 4.36. The summed E-state index contributed by atoms with van der Waals surface area (Å²) in [6, 6.07) is 10.0. The molecule has 2 amide bonds. The Morgan fingerprint density at radius 1 is 1.15 bits per heavy atom. The molecular weight excluding hydrogens is 338 g/mol. The zero-order valence-corrected chi connectivity index (χ0v) is 13.9. The van der Waals surface area contributed by atoms with Gasteiger partial charge in [-0.15, -0.1) is 0 Å². The summed E-state index contributed by atoms with van der Waals surface area (Å²) in [6.07, 6.45) is 1.66. The summed E-state index contributed by atoms with van der Waals surface area (Å²) in [7, 11) is -1.67. The third-order valence-corrected chi connectivity index (χ3v) is 4.36. The van der Waals surface area contributed by atoms with E-state index < -0.39 is 18.8 Å². The minimum Gasteiger partial charge on any atom is -0.423 e. The Balaban J connectivity index is 1.85. The van der Waals surface area contributed by atoms with Gasteiger partial charge in [0.25, 0.3) is 5.91 Å². The van der Waals surface area contributed by atoms with Crippen LogP contribution in [0.15, 0.2) is 42.5 Å². The number of nitrogens with zero attached hydrogens (tertiary/aromatic N) is 1. The van der Waals surface area contributed by atoms with E-state index in [1.54, 1.807) is 17.0 Å². The predicted octanol–water partition coefficient (Wildman–Crippen LogP) is 0.409. The van der Waals surface area contributed by atoms with Crippen LogP contribution in [0.1, 0.15) is 39.1 Å². The van der Waals surface area contributed by atoms with Crippen molar-refractivity contribution in [2.45, 2.75) is 25.4 Å². The Bertz CT molecular complexity index is 855. The molecule has 8 heteroatoms. The first-order valence-corrected chi connectivity index (χ1v) is 8.22. The van der Waals surface area contributed by atoms with Gasteiger partial charge >= 0.3 is 7.12 Å². The molecule has 0 radical (unpaired) electrons. The number of carbonyl (C=O) groups excluding carboxylic acids is 2. The Morgan fingerprint density at radius 3 is 2.46 bits per heavy atom. The SMILES string of the molecule is NC(=O)c1ccc(CN(C(=O)c2cccc(B(O)O)c2)C2CC2)c(F)c1. The lowest BCUT2D eigenvalue weighted by Crippen LogP contribution is -2.35. The van der Waals surface area contributed by atoms with Crippen molar-refractivity contribution in [1.29, 1.82) is 0 Å². The summed E-state index contributed by atoms with van der Waals surface area (Å²) in [5.74, 6) is -1.63. The first-order valence-electron chi connectivity index (χ1n) is 8.22. The van der Waals surface area contributed by atoms with Gasteiger partial charge in [-0.2, -0.15) is 0 Å². The third kappa shape index (κ3) is 3.92. The molecule has 1 aliphatic carbocycles. The summed E-state index contributed by atoms with van der Waals surface area (Å²) in [4.78, 5) is 25.6. The molecule has 1 aliphatic rings. The molecule has 2 aromatic rings. The minimum atomic E-state index is -1.67. The van der Waals surface area contributed by atoms with Crippen LogP contribution in [-0.2, 0) is 6.54 Å². The number of halogens is 1. The highest BCUT2D eigenvalue weighted by molar-refractivity contribution is 6.58. The summed E-state index contributed by atoms with van der Waals surface area (Å²) in [6.45, 7) is 0.0558. The topological polar surface area (TPSA) is 104 Å². The van der Waals surface area contributed by atoms with Crippen LogP contribution in [0.4, 0.5) is 4.39 Å². The van der Waals surface area contributed by atoms with Gasteiger partial charge in [-0.25, -0.2) is 4.39 Å². The number of primary amides is 1. The molecule has 0 unspecified atom stereocenters. The molecule has 6 nitrogen and oxygen atoms in total. The fraction of sp³-hybridized carbons (Fsp3) is 0.222. The molecule has 134 valence electrons. The van der Waals surface area contributed by atoms with Gasteiger partial charge < -0.3 is 20.7 Å². The van der Waals surface area contributed by atoms with Crippen LogP contribution < -0.4 is 11.2 Å². The van der Waals surface area contributed by atoms with Gasteiger partial charge in [0.15, 0.2) is 0 Å². The van der Waals surface area contributed by atoms with Crippen LogP contribution in [0.25, 0.3) is 0 Å². The Hall–Kier alpha value is -2.71. The largest absolute Gasteiger partial charge is 0.488 e. The maximum absolute atomic E-state index is 14.3. The Kier molecular flexibility index (Phi) is 5.06. The lowest BCUT2D eigenvalue weighted by atomic mass is 9.79. The molecule has 3 rings (SSSR count). The van der Waals surface area contributed by atoms with Gasteiger partial charge in [0.05, 0.1) is 0 Å². The first-order chi connectivity index (χ1) is 12.4. The van der Waals surface area contributed by atoms with E-state index in [2.05, 4.69) is 0 Å². The summed E-state index contributed by atoms with van der Waals surface area (Å²) in [5, 5.41) is 18.6. The molecule has 0 aromatic heterocycles. The van der Waals surface area contributed by atoms with E-state index in [0.29, 0.717) is 5.56 Å². The maximum Gasteiger partial charge on any atom is 0.488 e. The van der Waals surface area contributed by atoms with Gasteiger partial charge in [0.2, 0.25) is 5.91 Å². The predicted molar refractivity (Wildman–Crippen MR) is 94.1 cm³/mol. The second kappa shape index (κ2) is 7.27. The van der Waals surface area contributed by atoms with Crippen molar-refractivity contribution in [2.75, 3.05) is 0 Å². The van der Waals surface area contributed by atoms with Crippen LogP contribution in [0, 0.1) is 5.82 Å².